The molecule has 1 amide bonds. The molecule has 0 aromatic heterocycles. The molecule has 1 aliphatic heterocycles. The molecule has 2 aromatic carbocycles. The molecule has 0 bridgehead atoms. The second-order valence-electron chi connectivity index (χ2n) is 6.85. The van der Waals surface area contributed by atoms with Crippen LogP contribution in [-0.2, 0) is 20.9 Å². The molecule has 0 saturated carbocycles. The minimum absolute atomic E-state index is 0.0637. The number of piperazine rings is 1. The number of para-hydroxylation sites is 1. The van der Waals surface area contributed by atoms with E-state index in [4.69, 9.17) is 24.5 Å². The van der Waals surface area contributed by atoms with E-state index in [-0.39, 0.29) is 12.5 Å². The van der Waals surface area contributed by atoms with Crippen molar-refractivity contribution in [3.63, 3.8) is 0 Å². The Hall–Kier alpha value is -3.39. The van der Waals surface area contributed by atoms with E-state index in [1.54, 1.807) is 0 Å². The Labute approximate surface area is 175 Å². The van der Waals surface area contributed by atoms with Gasteiger partial charge in [0.15, 0.2) is 6.61 Å². The van der Waals surface area contributed by atoms with Crippen molar-refractivity contribution in [1.82, 2.24) is 9.80 Å². The fraction of sp³-hybridized carbons (Fsp3) is 0.318. The topological polar surface area (TPSA) is 107 Å². The first kappa shape index (κ1) is 22.9. The molecule has 3 rings (SSSR count). The van der Waals surface area contributed by atoms with Gasteiger partial charge < -0.3 is 19.8 Å². The van der Waals surface area contributed by atoms with Crippen LogP contribution in [-0.4, -0.2) is 70.6 Å². The summed E-state index contributed by atoms with van der Waals surface area (Å²) in [4.78, 5) is 34.7. The van der Waals surface area contributed by atoms with Crippen molar-refractivity contribution < 1.29 is 29.3 Å². The molecule has 1 fully saturated rings. The number of carbonyl (C=O) groups excluding carboxylic acids is 1. The number of carboxylic acids is 2. The largest absolute Gasteiger partial charge is 0.484 e. The molecule has 30 heavy (non-hydrogen) atoms. The molecule has 160 valence electrons. The van der Waals surface area contributed by atoms with Crippen LogP contribution in [0.25, 0.3) is 0 Å². The Bertz CT molecular complexity index is 818. The van der Waals surface area contributed by atoms with Gasteiger partial charge in [-0.05, 0) is 24.6 Å². The molecule has 2 N–H and O–H groups in total. The maximum atomic E-state index is 12.3. The van der Waals surface area contributed by atoms with Gasteiger partial charge in [0, 0.05) is 32.7 Å². The predicted molar refractivity (Wildman–Crippen MR) is 110 cm³/mol. The normalized spacial score (nSPS) is 13.7. The highest BCUT2D eigenvalue weighted by Crippen LogP contribution is 2.11. The molecule has 8 nitrogen and oxygen atoms in total. The summed E-state index contributed by atoms with van der Waals surface area (Å²) in [5.74, 6) is -2.84. The lowest BCUT2D eigenvalue weighted by atomic mass is 10.1. The highest BCUT2D eigenvalue weighted by atomic mass is 16.5. The zero-order valence-corrected chi connectivity index (χ0v) is 16.9. The van der Waals surface area contributed by atoms with Crippen molar-refractivity contribution in [2.24, 2.45) is 0 Å². The monoisotopic (exact) mass is 414 g/mol. The smallest absolute Gasteiger partial charge is 0.414 e. The lowest BCUT2D eigenvalue weighted by molar-refractivity contribution is -0.159. The van der Waals surface area contributed by atoms with E-state index in [2.05, 4.69) is 36.1 Å². The summed E-state index contributed by atoms with van der Waals surface area (Å²) < 4.78 is 5.55. The first-order valence-corrected chi connectivity index (χ1v) is 9.55. The van der Waals surface area contributed by atoms with Gasteiger partial charge in [-0.1, -0.05) is 48.0 Å². The zero-order chi connectivity index (χ0) is 21.9. The maximum absolute atomic E-state index is 12.3. The summed E-state index contributed by atoms with van der Waals surface area (Å²) in [5, 5.41) is 14.8. The number of benzene rings is 2. The minimum atomic E-state index is -1.82. The number of aryl methyl sites for hydroxylation is 1. The quantitative estimate of drug-likeness (QED) is 0.719. The molecule has 1 saturated heterocycles. The van der Waals surface area contributed by atoms with Crippen molar-refractivity contribution in [1.29, 1.82) is 0 Å². The van der Waals surface area contributed by atoms with Crippen molar-refractivity contribution in [2.75, 3.05) is 32.8 Å². The Morgan fingerprint density at radius 1 is 0.867 bits per heavy atom. The number of rotatable bonds is 5. The van der Waals surface area contributed by atoms with Gasteiger partial charge >= 0.3 is 11.9 Å². The summed E-state index contributed by atoms with van der Waals surface area (Å²) >= 11 is 0. The van der Waals surface area contributed by atoms with Crippen LogP contribution in [0.4, 0.5) is 0 Å². The van der Waals surface area contributed by atoms with E-state index >= 15 is 0 Å². The number of nitrogens with zero attached hydrogens (tertiary/aromatic N) is 2. The zero-order valence-electron chi connectivity index (χ0n) is 16.9. The molecule has 2 aromatic rings. The van der Waals surface area contributed by atoms with Crippen molar-refractivity contribution >= 4 is 17.8 Å². The van der Waals surface area contributed by atoms with Gasteiger partial charge in [0.2, 0.25) is 0 Å². The lowest BCUT2D eigenvalue weighted by Crippen LogP contribution is -2.49. The molecule has 0 aliphatic carbocycles. The van der Waals surface area contributed by atoms with Gasteiger partial charge in [-0.2, -0.15) is 0 Å². The molecule has 0 spiro atoms. The van der Waals surface area contributed by atoms with Crippen LogP contribution in [0, 0.1) is 6.92 Å². The molecule has 1 aliphatic rings. The van der Waals surface area contributed by atoms with Crippen LogP contribution in [0.2, 0.25) is 0 Å². The van der Waals surface area contributed by atoms with Gasteiger partial charge in [0.05, 0.1) is 0 Å². The number of amides is 1. The second-order valence-corrected chi connectivity index (χ2v) is 6.85. The minimum Gasteiger partial charge on any atom is -0.484 e. The first-order chi connectivity index (χ1) is 14.3. The van der Waals surface area contributed by atoms with Crippen molar-refractivity contribution in [3.05, 3.63) is 65.7 Å². The molecule has 0 atom stereocenters. The number of aliphatic carboxylic acids is 2. The van der Waals surface area contributed by atoms with Gasteiger partial charge in [-0.3, -0.25) is 9.69 Å². The molecule has 8 heteroatoms. The van der Waals surface area contributed by atoms with Gasteiger partial charge in [0.1, 0.15) is 5.75 Å². The van der Waals surface area contributed by atoms with E-state index in [0.717, 1.165) is 38.5 Å². The maximum Gasteiger partial charge on any atom is 0.414 e. The highest BCUT2D eigenvalue weighted by molar-refractivity contribution is 6.27. The first-order valence-electron chi connectivity index (χ1n) is 9.55. The second kappa shape index (κ2) is 11.6. The van der Waals surface area contributed by atoms with Crippen molar-refractivity contribution in [2.45, 2.75) is 13.5 Å². The van der Waals surface area contributed by atoms with Crippen LogP contribution in [0.15, 0.2) is 54.6 Å². The third-order valence-corrected chi connectivity index (χ3v) is 4.54. The number of ether oxygens (including phenoxy) is 1. The molecule has 0 radical (unpaired) electrons. The Kier molecular flexibility index (Phi) is 8.83. The summed E-state index contributed by atoms with van der Waals surface area (Å²) in [6.07, 6.45) is 0. The van der Waals surface area contributed by atoms with Crippen LogP contribution in [0.1, 0.15) is 11.1 Å². The number of hydrogen-bond donors (Lipinski definition) is 2. The number of carbonyl (C=O) groups is 3. The van der Waals surface area contributed by atoms with Gasteiger partial charge in [-0.15, -0.1) is 0 Å². The van der Waals surface area contributed by atoms with E-state index in [1.807, 2.05) is 35.2 Å². The average Bonchev–Trinajstić information content (AvgIpc) is 2.75. The summed E-state index contributed by atoms with van der Waals surface area (Å²) in [5.41, 5.74) is 2.61. The van der Waals surface area contributed by atoms with E-state index < -0.39 is 11.9 Å². The fourth-order valence-corrected chi connectivity index (χ4v) is 2.86. The van der Waals surface area contributed by atoms with E-state index in [1.165, 1.54) is 11.1 Å². The molecular weight excluding hydrogens is 388 g/mol. The Balaban J connectivity index is 0.000000469. The highest BCUT2D eigenvalue weighted by Gasteiger charge is 2.21. The van der Waals surface area contributed by atoms with Crippen LogP contribution in [0.3, 0.4) is 0 Å². The Morgan fingerprint density at radius 2 is 1.43 bits per heavy atom. The van der Waals surface area contributed by atoms with E-state index in [0.29, 0.717) is 0 Å². The van der Waals surface area contributed by atoms with Crippen LogP contribution >= 0.6 is 0 Å². The van der Waals surface area contributed by atoms with Crippen LogP contribution in [0.5, 0.6) is 5.75 Å². The molecular formula is C22H26N2O6. The van der Waals surface area contributed by atoms with Crippen molar-refractivity contribution in [3.8, 4) is 5.75 Å². The SMILES string of the molecule is Cc1ccc(CN2CCN(C(=O)COc3ccccc3)CC2)cc1.O=C(O)C(=O)O. The van der Waals surface area contributed by atoms with Crippen LogP contribution < -0.4 is 4.74 Å². The number of hydrogen-bond acceptors (Lipinski definition) is 5. The summed E-state index contributed by atoms with van der Waals surface area (Å²) in [6, 6.07) is 18.1. The standard InChI is InChI=1S/C20H24N2O2.C2H2O4/c1-17-7-9-18(10-8-17)15-21-11-13-22(14-12-21)20(23)16-24-19-5-3-2-4-6-19;3-1(4)2(5)6/h2-10H,11-16H2,1H3;(H,3,4)(H,5,6). The van der Waals surface area contributed by atoms with E-state index in [9.17, 15) is 4.79 Å². The lowest BCUT2D eigenvalue weighted by Gasteiger charge is -2.34. The predicted octanol–water partition coefficient (Wildman–Crippen LogP) is 1.87. The summed E-state index contributed by atoms with van der Waals surface area (Å²) in [6.45, 7) is 6.51. The third-order valence-electron chi connectivity index (χ3n) is 4.54. The Morgan fingerprint density at radius 3 is 1.97 bits per heavy atom. The molecule has 0 unspecified atom stereocenters. The number of carboxylic acid groups (broad SMARTS) is 2. The fourth-order valence-electron chi connectivity index (χ4n) is 2.86. The van der Waals surface area contributed by atoms with Gasteiger partial charge in [-0.25, -0.2) is 9.59 Å². The summed E-state index contributed by atoms with van der Waals surface area (Å²) in [7, 11) is 0. The third kappa shape index (κ3) is 7.92. The molecule has 1 heterocycles. The average molecular weight is 414 g/mol. The van der Waals surface area contributed by atoms with Gasteiger partial charge in [0.25, 0.3) is 5.91 Å².